The molecule has 0 aromatic carbocycles. The van der Waals surface area contributed by atoms with E-state index in [1.165, 1.54) is 6.42 Å². The van der Waals surface area contributed by atoms with Crippen molar-refractivity contribution in [3.05, 3.63) is 0 Å². The van der Waals surface area contributed by atoms with Crippen LogP contribution in [0.2, 0.25) is 0 Å². The van der Waals surface area contributed by atoms with E-state index in [4.69, 9.17) is 14.2 Å². The molecule has 0 fully saturated rings. The van der Waals surface area contributed by atoms with Crippen molar-refractivity contribution in [3.63, 3.8) is 0 Å². The van der Waals surface area contributed by atoms with E-state index in [-0.39, 0.29) is 0 Å². The summed E-state index contributed by atoms with van der Waals surface area (Å²) in [5.41, 5.74) is 0. The first-order valence-corrected chi connectivity index (χ1v) is 7.75. The Bertz CT molecular complexity index is 165. The fourth-order valence-corrected chi connectivity index (χ4v) is 1.59. The van der Waals surface area contributed by atoms with Crippen LogP contribution in [0.4, 0.5) is 0 Å². The van der Waals surface area contributed by atoms with Crippen molar-refractivity contribution >= 4 is 0 Å². The summed E-state index contributed by atoms with van der Waals surface area (Å²) in [5.74, 6) is 0. The Balaban J connectivity index is 2.91. The number of ether oxygens (including phenoxy) is 3. The quantitative estimate of drug-likeness (QED) is 0.466. The van der Waals surface area contributed by atoms with E-state index in [2.05, 4.69) is 26.1 Å². The second-order valence-corrected chi connectivity index (χ2v) is 4.91. The molecule has 19 heavy (non-hydrogen) atoms. The molecule has 4 heteroatoms. The summed E-state index contributed by atoms with van der Waals surface area (Å²) in [6, 6.07) is 0. The number of unbranched alkanes of at least 4 members (excludes halogenated alkanes) is 2. The van der Waals surface area contributed by atoms with Gasteiger partial charge >= 0.3 is 0 Å². The van der Waals surface area contributed by atoms with Crippen LogP contribution in [0.25, 0.3) is 0 Å². The van der Waals surface area contributed by atoms with Crippen molar-refractivity contribution in [2.45, 2.75) is 52.6 Å². The highest BCUT2D eigenvalue weighted by Gasteiger charge is 1.94. The molecule has 0 bridgehead atoms. The number of rotatable bonds is 15. The van der Waals surface area contributed by atoms with E-state index < -0.39 is 0 Å². The summed E-state index contributed by atoms with van der Waals surface area (Å²) >= 11 is 0. The molecule has 0 aliphatic carbocycles. The van der Waals surface area contributed by atoms with Gasteiger partial charge < -0.3 is 19.5 Å². The van der Waals surface area contributed by atoms with E-state index in [0.29, 0.717) is 6.10 Å². The molecule has 0 aromatic rings. The maximum Gasteiger partial charge on any atom is 0.0590 e. The normalized spacial score (nSPS) is 11.4. The van der Waals surface area contributed by atoms with Gasteiger partial charge in [0.25, 0.3) is 0 Å². The van der Waals surface area contributed by atoms with Crippen LogP contribution < -0.4 is 5.32 Å². The van der Waals surface area contributed by atoms with Crippen LogP contribution >= 0.6 is 0 Å². The zero-order valence-corrected chi connectivity index (χ0v) is 13.1. The third-order valence-electron chi connectivity index (χ3n) is 2.63. The molecular weight excluding hydrogens is 242 g/mol. The van der Waals surface area contributed by atoms with E-state index in [0.717, 1.165) is 65.4 Å². The lowest BCUT2D eigenvalue weighted by Gasteiger charge is -2.07. The van der Waals surface area contributed by atoms with Gasteiger partial charge in [0.1, 0.15) is 0 Å². The molecule has 0 radical (unpaired) electrons. The summed E-state index contributed by atoms with van der Waals surface area (Å²) in [7, 11) is 0. The van der Waals surface area contributed by atoms with E-state index in [1.807, 2.05) is 0 Å². The standard InChI is InChI=1S/C15H33NO3/c1-4-16-9-14-18-12-8-11-17-10-6-5-7-13-19-15(2)3/h15-16H,4-14H2,1-3H3. The summed E-state index contributed by atoms with van der Waals surface area (Å²) in [4.78, 5) is 0. The maximum atomic E-state index is 5.55. The minimum Gasteiger partial charge on any atom is -0.381 e. The van der Waals surface area contributed by atoms with Crippen molar-refractivity contribution in [2.75, 3.05) is 46.1 Å². The lowest BCUT2D eigenvalue weighted by molar-refractivity contribution is 0.0688. The highest BCUT2D eigenvalue weighted by atomic mass is 16.5. The van der Waals surface area contributed by atoms with Gasteiger partial charge in [-0.15, -0.1) is 0 Å². The van der Waals surface area contributed by atoms with Gasteiger partial charge in [-0.3, -0.25) is 0 Å². The molecule has 0 saturated carbocycles. The Hall–Kier alpha value is -0.160. The topological polar surface area (TPSA) is 39.7 Å². The van der Waals surface area contributed by atoms with Crippen LogP contribution in [0.15, 0.2) is 0 Å². The van der Waals surface area contributed by atoms with E-state index in [1.54, 1.807) is 0 Å². The minimum absolute atomic E-state index is 0.351. The fourth-order valence-electron chi connectivity index (χ4n) is 1.59. The minimum atomic E-state index is 0.351. The summed E-state index contributed by atoms with van der Waals surface area (Å²) in [5, 5.41) is 3.22. The third kappa shape index (κ3) is 17.8. The van der Waals surface area contributed by atoms with Gasteiger partial charge in [0.2, 0.25) is 0 Å². The molecule has 0 unspecified atom stereocenters. The first kappa shape index (κ1) is 18.8. The van der Waals surface area contributed by atoms with Gasteiger partial charge in [-0.25, -0.2) is 0 Å². The van der Waals surface area contributed by atoms with Gasteiger partial charge in [-0.1, -0.05) is 6.92 Å². The van der Waals surface area contributed by atoms with Crippen molar-refractivity contribution in [1.29, 1.82) is 0 Å². The molecule has 0 aromatic heterocycles. The Morgan fingerprint density at radius 3 is 2.11 bits per heavy atom. The van der Waals surface area contributed by atoms with E-state index >= 15 is 0 Å². The molecule has 0 spiro atoms. The molecule has 0 heterocycles. The molecule has 0 atom stereocenters. The Morgan fingerprint density at radius 2 is 1.42 bits per heavy atom. The fraction of sp³-hybridized carbons (Fsp3) is 1.00. The second-order valence-electron chi connectivity index (χ2n) is 4.91. The van der Waals surface area contributed by atoms with Gasteiger partial charge in [-0.2, -0.15) is 0 Å². The SMILES string of the molecule is CCNCCOCCCOCCCCCOC(C)C. The van der Waals surface area contributed by atoms with Gasteiger partial charge in [0, 0.05) is 33.0 Å². The van der Waals surface area contributed by atoms with E-state index in [9.17, 15) is 0 Å². The lowest BCUT2D eigenvalue weighted by Crippen LogP contribution is -2.19. The molecule has 116 valence electrons. The zero-order valence-electron chi connectivity index (χ0n) is 13.1. The van der Waals surface area contributed by atoms with Crippen molar-refractivity contribution < 1.29 is 14.2 Å². The number of likely N-dealkylation sites (N-methyl/N-ethyl adjacent to an activating group) is 1. The lowest BCUT2D eigenvalue weighted by atomic mass is 10.2. The van der Waals surface area contributed by atoms with Crippen LogP contribution in [0.3, 0.4) is 0 Å². The average Bonchev–Trinajstić information content (AvgIpc) is 2.39. The first-order valence-electron chi connectivity index (χ1n) is 7.75. The highest BCUT2D eigenvalue weighted by Crippen LogP contribution is 1.99. The van der Waals surface area contributed by atoms with Crippen molar-refractivity contribution in [2.24, 2.45) is 0 Å². The van der Waals surface area contributed by atoms with Gasteiger partial charge in [0.15, 0.2) is 0 Å². The van der Waals surface area contributed by atoms with Crippen LogP contribution in [0, 0.1) is 0 Å². The average molecular weight is 275 g/mol. The molecule has 0 aliphatic heterocycles. The monoisotopic (exact) mass is 275 g/mol. The van der Waals surface area contributed by atoms with Crippen LogP contribution in [-0.4, -0.2) is 52.2 Å². The highest BCUT2D eigenvalue weighted by molar-refractivity contribution is 4.44. The van der Waals surface area contributed by atoms with Crippen LogP contribution in [0.1, 0.15) is 46.5 Å². The maximum absolute atomic E-state index is 5.55. The largest absolute Gasteiger partial charge is 0.381 e. The molecule has 0 amide bonds. The molecule has 4 nitrogen and oxygen atoms in total. The number of nitrogens with one attached hydrogen (secondary N) is 1. The van der Waals surface area contributed by atoms with Gasteiger partial charge in [0.05, 0.1) is 12.7 Å². The molecule has 0 aliphatic rings. The number of hydrogen-bond acceptors (Lipinski definition) is 4. The van der Waals surface area contributed by atoms with Gasteiger partial charge in [-0.05, 0) is 46.1 Å². The predicted molar refractivity (Wildman–Crippen MR) is 79.7 cm³/mol. The Kier molecular flexibility index (Phi) is 15.8. The summed E-state index contributed by atoms with van der Waals surface area (Å²) < 4.78 is 16.5. The third-order valence-corrected chi connectivity index (χ3v) is 2.63. The smallest absolute Gasteiger partial charge is 0.0590 e. The molecule has 0 saturated heterocycles. The van der Waals surface area contributed by atoms with Crippen LogP contribution in [0.5, 0.6) is 0 Å². The molecular formula is C15H33NO3. The zero-order chi connectivity index (χ0) is 14.2. The molecule has 1 N–H and O–H groups in total. The number of hydrogen-bond donors (Lipinski definition) is 1. The van der Waals surface area contributed by atoms with Crippen molar-refractivity contribution in [1.82, 2.24) is 5.32 Å². The molecule has 0 rings (SSSR count). The van der Waals surface area contributed by atoms with Crippen molar-refractivity contribution in [3.8, 4) is 0 Å². The Morgan fingerprint density at radius 1 is 0.789 bits per heavy atom. The summed E-state index contributed by atoms with van der Waals surface area (Å²) in [6.07, 6.45) is 4.79. The van der Waals surface area contributed by atoms with Crippen LogP contribution in [-0.2, 0) is 14.2 Å². The Labute approximate surface area is 119 Å². The first-order chi connectivity index (χ1) is 9.27. The summed E-state index contributed by atoms with van der Waals surface area (Å²) in [6.45, 7) is 12.3. The second kappa shape index (κ2) is 15.9. The predicted octanol–water partition coefficient (Wildman–Crippen LogP) is 2.61.